The normalized spacial score (nSPS) is 60.2. The summed E-state index contributed by atoms with van der Waals surface area (Å²) in [5.74, 6) is -0.742. The molecule has 2 aliphatic rings. The maximum atomic E-state index is 9.91. The number of hydrogen-bond donors (Lipinski definition) is 4. The predicted octanol–water partition coefficient (Wildman–Crippen LogP) is -2.15. The van der Waals surface area contributed by atoms with E-state index in [0.717, 1.165) is 0 Å². The van der Waals surface area contributed by atoms with Crippen molar-refractivity contribution in [1.82, 2.24) is 0 Å². The fourth-order valence-corrected chi connectivity index (χ4v) is 2.50. The second-order valence-corrected chi connectivity index (χ2v) is 4.13. The van der Waals surface area contributed by atoms with Crippen molar-refractivity contribution in [3.8, 4) is 0 Å². The number of aliphatic hydroxyl groups is 4. The van der Waals surface area contributed by atoms with Gasteiger partial charge in [-0.15, -0.1) is 0 Å². The highest BCUT2D eigenvalue weighted by atomic mass is 16.6. The lowest BCUT2D eigenvalue weighted by atomic mass is 9.83. The average molecular weight is 190 g/mol. The van der Waals surface area contributed by atoms with Crippen LogP contribution in [0, 0.1) is 5.92 Å². The number of aliphatic hydroxyl groups excluding tert-OH is 2. The first kappa shape index (κ1) is 9.36. The minimum Gasteiger partial charge on any atom is -0.396 e. The summed E-state index contributed by atoms with van der Waals surface area (Å²) in [5.41, 5.74) is -2.86. The third-order valence-corrected chi connectivity index (χ3v) is 3.36. The molecule has 76 valence electrons. The Morgan fingerprint density at radius 3 is 2.38 bits per heavy atom. The molecule has 13 heavy (non-hydrogen) atoms. The Morgan fingerprint density at radius 2 is 2.08 bits per heavy atom. The molecule has 0 spiro atoms. The van der Waals surface area contributed by atoms with E-state index in [2.05, 4.69) is 0 Å². The monoisotopic (exact) mass is 190 g/mol. The smallest absolute Gasteiger partial charge is 0.124 e. The minimum atomic E-state index is -1.50. The van der Waals surface area contributed by atoms with Crippen LogP contribution >= 0.6 is 0 Å². The van der Waals surface area contributed by atoms with Crippen molar-refractivity contribution in [2.45, 2.75) is 30.3 Å². The Bertz CT molecular complexity index is 229. The number of rotatable bonds is 1. The SMILES string of the molecule is C[C@]1(O)[C@@H]2OC[C@](O)([C@@H]1CO)[C@H]2O. The molecule has 1 saturated heterocycles. The number of hydrogen-bond acceptors (Lipinski definition) is 5. The van der Waals surface area contributed by atoms with Gasteiger partial charge in [0.15, 0.2) is 0 Å². The molecule has 2 fully saturated rings. The van der Waals surface area contributed by atoms with Gasteiger partial charge in [-0.05, 0) is 6.92 Å². The van der Waals surface area contributed by atoms with Gasteiger partial charge in [-0.2, -0.15) is 0 Å². The summed E-state index contributed by atoms with van der Waals surface area (Å²) in [6.07, 6.45) is -1.91. The zero-order chi connectivity index (χ0) is 9.85. The van der Waals surface area contributed by atoms with E-state index in [1.165, 1.54) is 6.92 Å². The Balaban J connectivity index is 2.39. The summed E-state index contributed by atoms with van der Waals surface area (Å²) in [7, 11) is 0. The largest absolute Gasteiger partial charge is 0.396 e. The first-order chi connectivity index (χ1) is 5.94. The molecule has 0 aromatic rings. The molecule has 4 N–H and O–H groups in total. The lowest BCUT2D eigenvalue weighted by molar-refractivity contribution is -0.179. The fraction of sp³-hybridized carbons (Fsp3) is 1.00. The van der Waals surface area contributed by atoms with Crippen molar-refractivity contribution in [3.63, 3.8) is 0 Å². The summed E-state index contributed by atoms with van der Waals surface area (Å²) in [6.45, 7) is 1.07. The highest BCUT2D eigenvalue weighted by molar-refractivity contribution is 5.19. The first-order valence-electron chi connectivity index (χ1n) is 4.30. The van der Waals surface area contributed by atoms with Gasteiger partial charge in [-0.25, -0.2) is 0 Å². The van der Waals surface area contributed by atoms with E-state index in [-0.39, 0.29) is 13.2 Å². The van der Waals surface area contributed by atoms with Crippen LogP contribution < -0.4 is 0 Å². The van der Waals surface area contributed by atoms with E-state index in [0.29, 0.717) is 0 Å². The molecule has 1 aliphatic heterocycles. The average Bonchev–Trinajstić information content (AvgIpc) is 2.36. The molecule has 1 heterocycles. The standard InChI is InChI=1S/C8H14O5/c1-7(11)4(2-9)8(12)3-13-6(7)5(8)10/h4-6,9-12H,2-3H2,1H3/t4-,5+,6-,7-,8+/m1/s1. The third kappa shape index (κ3) is 0.884. The zero-order valence-electron chi connectivity index (χ0n) is 7.34. The Morgan fingerprint density at radius 1 is 1.46 bits per heavy atom. The van der Waals surface area contributed by atoms with Gasteiger partial charge in [0.2, 0.25) is 0 Å². The van der Waals surface area contributed by atoms with Gasteiger partial charge in [-0.1, -0.05) is 0 Å². The molecule has 1 aliphatic carbocycles. The maximum Gasteiger partial charge on any atom is 0.124 e. The van der Waals surface area contributed by atoms with E-state index >= 15 is 0 Å². The van der Waals surface area contributed by atoms with E-state index in [1.807, 2.05) is 0 Å². The van der Waals surface area contributed by atoms with Crippen LogP contribution in [0.4, 0.5) is 0 Å². The van der Waals surface area contributed by atoms with E-state index in [9.17, 15) is 15.3 Å². The molecule has 1 saturated carbocycles. The minimum absolute atomic E-state index is 0.0276. The van der Waals surface area contributed by atoms with Crippen LogP contribution in [-0.4, -0.2) is 57.0 Å². The van der Waals surface area contributed by atoms with Gasteiger partial charge in [0, 0.05) is 5.92 Å². The van der Waals surface area contributed by atoms with Crippen LogP contribution in [0.25, 0.3) is 0 Å². The van der Waals surface area contributed by atoms with Crippen LogP contribution in [0.3, 0.4) is 0 Å². The molecular formula is C8H14O5. The van der Waals surface area contributed by atoms with Crippen molar-refractivity contribution >= 4 is 0 Å². The molecule has 0 amide bonds. The molecule has 0 unspecified atom stereocenters. The van der Waals surface area contributed by atoms with Crippen molar-refractivity contribution in [2.24, 2.45) is 5.92 Å². The molecule has 0 aromatic carbocycles. The highest BCUT2D eigenvalue weighted by Gasteiger charge is 2.70. The quantitative estimate of drug-likeness (QED) is 0.378. The van der Waals surface area contributed by atoms with Gasteiger partial charge in [-0.3, -0.25) is 0 Å². The summed E-state index contributed by atoms with van der Waals surface area (Å²) in [4.78, 5) is 0. The van der Waals surface area contributed by atoms with Crippen molar-refractivity contribution < 1.29 is 25.2 Å². The Labute approximate surface area is 75.6 Å². The second-order valence-electron chi connectivity index (χ2n) is 4.13. The number of fused-ring (bicyclic) bond motifs is 2. The summed E-state index contributed by atoms with van der Waals surface area (Å²) in [6, 6.07) is 0. The summed E-state index contributed by atoms with van der Waals surface area (Å²) >= 11 is 0. The van der Waals surface area contributed by atoms with Crippen LogP contribution in [0.15, 0.2) is 0 Å². The van der Waals surface area contributed by atoms with Crippen LogP contribution in [0.2, 0.25) is 0 Å². The molecule has 0 radical (unpaired) electrons. The molecule has 5 nitrogen and oxygen atoms in total. The van der Waals surface area contributed by atoms with Crippen LogP contribution in [0.1, 0.15) is 6.92 Å². The van der Waals surface area contributed by atoms with Crippen molar-refractivity contribution in [2.75, 3.05) is 13.2 Å². The van der Waals surface area contributed by atoms with E-state index in [1.54, 1.807) is 0 Å². The number of ether oxygens (including phenoxy) is 1. The van der Waals surface area contributed by atoms with Gasteiger partial charge in [0.05, 0.1) is 18.8 Å². The van der Waals surface area contributed by atoms with Crippen molar-refractivity contribution in [1.29, 1.82) is 0 Å². The maximum absolute atomic E-state index is 9.91. The van der Waals surface area contributed by atoms with E-state index < -0.39 is 29.3 Å². The highest BCUT2D eigenvalue weighted by Crippen LogP contribution is 2.49. The molecular weight excluding hydrogens is 176 g/mol. The second kappa shape index (κ2) is 2.43. The Hall–Kier alpha value is -0.200. The lowest BCUT2D eigenvalue weighted by Crippen LogP contribution is -2.53. The van der Waals surface area contributed by atoms with Gasteiger partial charge in [0.1, 0.15) is 17.8 Å². The molecule has 5 atom stereocenters. The van der Waals surface area contributed by atoms with Gasteiger partial charge < -0.3 is 25.2 Å². The molecule has 2 rings (SSSR count). The van der Waals surface area contributed by atoms with Crippen LogP contribution in [0.5, 0.6) is 0 Å². The summed E-state index contributed by atoms with van der Waals surface area (Å²) < 4.78 is 5.05. The molecule has 0 aromatic heterocycles. The Kier molecular flexibility index (Phi) is 1.75. The fourth-order valence-electron chi connectivity index (χ4n) is 2.50. The van der Waals surface area contributed by atoms with Gasteiger partial charge in [0.25, 0.3) is 0 Å². The third-order valence-electron chi connectivity index (χ3n) is 3.36. The van der Waals surface area contributed by atoms with E-state index in [4.69, 9.17) is 9.84 Å². The molecule has 2 bridgehead atoms. The zero-order valence-corrected chi connectivity index (χ0v) is 7.34. The lowest BCUT2D eigenvalue weighted by Gasteiger charge is -2.37. The predicted molar refractivity (Wildman–Crippen MR) is 41.9 cm³/mol. The molecule has 5 heteroatoms. The van der Waals surface area contributed by atoms with Crippen LogP contribution in [-0.2, 0) is 4.74 Å². The first-order valence-corrected chi connectivity index (χ1v) is 4.30. The topological polar surface area (TPSA) is 90.2 Å². The summed E-state index contributed by atoms with van der Waals surface area (Å²) in [5, 5.41) is 38.4. The van der Waals surface area contributed by atoms with Crippen molar-refractivity contribution in [3.05, 3.63) is 0 Å². The van der Waals surface area contributed by atoms with Gasteiger partial charge >= 0.3 is 0 Å².